The highest BCUT2D eigenvalue weighted by molar-refractivity contribution is 5.87. The van der Waals surface area contributed by atoms with Crippen LogP contribution in [0.25, 0.3) is 16.7 Å². The zero-order valence-electron chi connectivity index (χ0n) is 12.9. The number of rotatable bonds is 4. The van der Waals surface area contributed by atoms with Crippen LogP contribution < -0.4 is 5.32 Å². The Balaban J connectivity index is 2.05. The van der Waals surface area contributed by atoms with Crippen molar-refractivity contribution in [1.82, 2.24) is 19.7 Å². The first-order valence-electron chi connectivity index (χ1n) is 7.24. The predicted molar refractivity (Wildman–Crippen MR) is 86.3 cm³/mol. The number of aromatic nitrogens is 4. The monoisotopic (exact) mass is 297 g/mol. The second-order valence-electron chi connectivity index (χ2n) is 5.51. The van der Waals surface area contributed by atoms with E-state index < -0.39 is 6.10 Å². The van der Waals surface area contributed by atoms with Gasteiger partial charge in [-0.05, 0) is 44.0 Å². The highest BCUT2D eigenvalue weighted by Gasteiger charge is 2.11. The Morgan fingerprint density at radius 3 is 2.77 bits per heavy atom. The third kappa shape index (κ3) is 2.65. The van der Waals surface area contributed by atoms with Crippen LogP contribution in [-0.2, 0) is 0 Å². The molecule has 0 spiro atoms. The maximum Gasteiger partial charge on any atom is 0.168 e. The van der Waals surface area contributed by atoms with Gasteiger partial charge in [-0.2, -0.15) is 5.10 Å². The van der Waals surface area contributed by atoms with Gasteiger partial charge in [-0.3, -0.25) is 0 Å². The molecule has 0 saturated heterocycles. The van der Waals surface area contributed by atoms with Gasteiger partial charge in [0.25, 0.3) is 0 Å². The fourth-order valence-electron chi connectivity index (χ4n) is 2.28. The normalized spacial score (nSPS) is 12.5. The number of fused-ring (bicyclic) bond motifs is 1. The number of hydrogen-bond donors (Lipinski definition) is 2. The lowest BCUT2D eigenvalue weighted by atomic mass is 10.1. The number of nitrogens with one attached hydrogen (secondary N) is 1. The van der Waals surface area contributed by atoms with Gasteiger partial charge >= 0.3 is 0 Å². The number of aryl methyl sites for hydroxylation is 2. The molecule has 0 bridgehead atoms. The summed E-state index contributed by atoms with van der Waals surface area (Å²) in [5, 5.41) is 17.8. The number of anilines is 1. The highest BCUT2D eigenvalue weighted by atomic mass is 16.3. The number of aliphatic hydroxyl groups excluding tert-OH is 1. The van der Waals surface area contributed by atoms with Crippen LogP contribution in [-0.4, -0.2) is 37.5 Å². The molecule has 0 saturated carbocycles. The molecule has 6 nitrogen and oxygen atoms in total. The summed E-state index contributed by atoms with van der Waals surface area (Å²) in [6.07, 6.45) is 2.81. The van der Waals surface area contributed by atoms with Crippen molar-refractivity contribution in [3.63, 3.8) is 0 Å². The van der Waals surface area contributed by atoms with E-state index in [1.54, 1.807) is 17.8 Å². The van der Waals surface area contributed by atoms with Gasteiger partial charge in [0.05, 0.1) is 23.4 Å². The molecule has 0 radical (unpaired) electrons. The van der Waals surface area contributed by atoms with Crippen LogP contribution in [0.4, 0.5) is 5.82 Å². The predicted octanol–water partition coefficient (Wildman–Crippen LogP) is 2.23. The molecule has 0 fully saturated rings. The average Bonchev–Trinajstić information content (AvgIpc) is 2.92. The third-order valence-corrected chi connectivity index (χ3v) is 3.67. The Bertz CT molecular complexity index is 809. The molecule has 0 aliphatic carbocycles. The van der Waals surface area contributed by atoms with E-state index in [9.17, 15) is 5.11 Å². The van der Waals surface area contributed by atoms with Gasteiger partial charge in [-0.1, -0.05) is 6.07 Å². The van der Waals surface area contributed by atoms with Crippen molar-refractivity contribution in [3.05, 3.63) is 41.9 Å². The van der Waals surface area contributed by atoms with Crippen molar-refractivity contribution in [2.24, 2.45) is 0 Å². The minimum atomic E-state index is -0.445. The van der Waals surface area contributed by atoms with Crippen LogP contribution >= 0.6 is 0 Å². The Morgan fingerprint density at radius 2 is 2.05 bits per heavy atom. The molecule has 6 heteroatoms. The third-order valence-electron chi connectivity index (χ3n) is 3.67. The summed E-state index contributed by atoms with van der Waals surface area (Å²) >= 11 is 0. The molecule has 1 aromatic carbocycles. The molecule has 0 aliphatic rings. The Kier molecular flexibility index (Phi) is 3.77. The van der Waals surface area contributed by atoms with Crippen molar-refractivity contribution in [2.45, 2.75) is 26.9 Å². The topological polar surface area (TPSA) is 75.9 Å². The van der Waals surface area contributed by atoms with E-state index in [2.05, 4.69) is 46.4 Å². The van der Waals surface area contributed by atoms with Crippen molar-refractivity contribution in [2.75, 3.05) is 11.9 Å². The van der Waals surface area contributed by atoms with Gasteiger partial charge in [-0.25, -0.2) is 14.6 Å². The van der Waals surface area contributed by atoms with Crippen LogP contribution in [0.1, 0.15) is 18.1 Å². The zero-order chi connectivity index (χ0) is 15.7. The molecule has 2 heterocycles. The summed E-state index contributed by atoms with van der Waals surface area (Å²) in [5.74, 6) is 0.681. The van der Waals surface area contributed by atoms with Gasteiger partial charge in [0, 0.05) is 6.54 Å². The summed E-state index contributed by atoms with van der Waals surface area (Å²) in [4.78, 5) is 8.58. The van der Waals surface area contributed by atoms with Crippen LogP contribution in [0.3, 0.4) is 0 Å². The van der Waals surface area contributed by atoms with Gasteiger partial charge in [-0.15, -0.1) is 0 Å². The molecular weight excluding hydrogens is 278 g/mol. The fraction of sp³-hybridized carbons (Fsp3) is 0.312. The van der Waals surface area contributed by atoms with Crippen molar-refractivity contribution < 1.29 is 5.11 Å². The molecule has 22 heavy (non-hydrogen) atoms. The molecule has 114 valence electrons. The molecule has 1 atom stereocenters. The van der Waals surface area contributed by atoms with E-state index in [0.29, 0.717) is 12.4 Å². The molecule has 0 amide bonds. The van der Waals surface area contributed by atoms with E-state index >= 15 is 0 Å². The largest absolute Gasteiger partial charge is 0.392 e. The molecule has 2 N–H and O–H groups in total. The van der Waals surface area contributed by atoms with E-state index in [0.717, 1.165) is 16.7 Å². The first-order chi connectivity index (χ1) is 10.6. The van der Waals surface area contributed by atoms with E-state index in [1.165, 1.54) is 17.5 Å². The van der Waals surface area contributed by atoms with Gasteiger partial charge < -0.3 is 10.4 Å². The Labute approximate surface area is 128 Å². The summed E-state index contributed by atoms with van der Waals surface area (Å²) in [6, 6.07) is 6.19. The highest BCUT2D eigenvalue weighted by Crippen LogP contribution is 2.22. The van der Waals surface area contributed by atoms with Crippen molar-refractivity contribution in [1.29, 1.82) is 0 Å². The average molecular weight is 297 g/mol. The molecule has 0 aliphatic heterocycles. The number of hydrogen-bond acceptors (Lipinski definition) is 5. The van der Waals surface area contributed by atoms with Gasteiger partial charge in [0.1, 0.15) is 12.1 Å². The number of aliphatic hydroxyl groups is 1. The lowest BCUT2D eigenvalue weighted by Crippen LogP contribution is -2.16. The summed E-state index contributed by atoms with van der Waals surface area (Å²) in [6.45, 7) is 6.32. The first kappa shape index (κ1) is 14.5. The van der Waals surface area contributed by atoms with Crippen LogP contribution in [0.15, 0.2) is 30.7 Å². The quantitative estimate of drug-likeness (QED) is 0.772. The number of nitrogens with zero attached hydrogens (tertiary/aromatic N) is 4. The minimum absolute atomic E-state index is 0.431. The van der Waals surface area contributed by atoms with Gasteiger partial charge in [0.15, 0.2) is 5.65 Å². The molecule has 3 rings (SSSR count). The summed E-state index contributed by atoms with van der Waals surface area (Å²) < 4.78 is 1.80. The van der Waals surface area contributed by atoms with Crippen LogP contribution in [0.2, 0.25) is 0 Å². The van der Waals surface area contributed by atoms with Crippen molar-refractivity contribution in [3.8, 4) is 5.69 Å². The second kappa shape index (κ2) is 5.73. The first-order valence-corrected chi connectivity index (χ1v) is 7.24. The van der Waals surface area contributed by atoms with Crippen molar-refractivity contribution >= 4 is 16.9 Å². The lowest BCUT2D eigenvalue weighted by Gasteiger charge is -2.09. The standard InChI is InChI=1S/C16H19N5O/c1-10-4-5-13(6-11(10)2)21-16-14(8-20-21)15(18-9-19-16)17-7-12(3)22/h4-6,8-9,12,22H,7H2,1-3H3,(H,17,18,19)/t12-/m1/s1. The van der Waals surface area contributed by atoms with E-state index in [-0.39, 0.29) is 0 Å². The maximum absolute atomic E-state index is 9.40. The molecular formula is C16H19N5O. The fourth-order valence-corrected chi connectivity index (χ4v) is 2.28. The van der Waals surface area contributed by atoms with E-state index in [4.69, 9.17) is 0 Å². The van der Waals surface area contributed by atoms with Crippen LogP contribution in [0.5, 0.6) is 0 Å². The SMILES string of the molecule is Cc1ccc(-n2ncc3c(NC[C@@H](C)O)ncnc32)cc1C. The second-order valence-corrected chi connectivity index (χ2v) is 5.51. The molecule has 2 aromatic heterocycles. The number of benzene rings is 1. The molecule has 3 aromatic rings. The zero-order valence-corrected chi connectivity index (χ0v) is 12.9. The smallest absolute Gasteiger partial charge is 0.168 e. The minimum Gasteiger partial charge on any atom is -0.392 e. The maximum atomic E-state index is 9.40. The summed E-state index contributed by atoms with van der Waals surface area (Å²) in [5.41, 5.74) is 4.17. The van der Waals surface area contributed by atoms with Gasteiger partial charge in [0.2, 0.25) is 0 Å². The summed E-state index contributed by atoms with van der Waals surface area (Å²) in [7, 11) is 0. The Morgan fingerprint density at radius 1 is 1.23 bits per heavy atom. The van der Waals surface area contributed by atoms with Crippen LogP contribution in [0, 0.1) is 13.8 Å². The Hall–Kier alpha value is -2.47. The van der Waals surface area contributed by atoms with E-state index in [1.807, 2.05) is 6.07 Å². The molecule has 0 unspecified atom stereocenters. The lowest BCUT2D eigenvalue weighted by molar-refractivity contribution is 0.208.